The molecule has 1 unspecified atom stereocenters. The zero-order valence-corrected chi connectivity index (χ0v) is 14.6. The SMILES string of the molecule is O=C(NCC1(c2ccc3c(c2)OCCO3)CCCC1)C1CSCN1. The lowest BCUT2D eigenvalue weighted by Gasteiger charge is -2.31. The van der Waals surface area contributed by atoms with Crippen LogP contribution in [0.4, 0.5) is 0 Å². The molecule has 1 aromatic carbocycles. The third kappa shape index (κ3) is 3.09. The average molecular weight is 348 g/mol. The molecule has 0 radical (unpaired) electrons. The molecule has 2 N–H and O–H groups in total. The molecule has 1 atom stereocenters. The van der Waals surface area contributed by atoms with Crippen LogP contribution in [0.5, 0.6) is 11.5 Å². The number of hydrogen-bond donors (Lipinski definition) is 2. The van der Waals surface area contributed by atoms with Crippen molar-refractivity contribution in [1.29, 1.82) is 0 Å². The van der Waals surface area contributed by atoms with Gasteiger partial charge >= 0.3 is 0 Å². The number of carbonyl (C=O) groups is 1. The second-order valence-corrected chi connectivity index (χ2v) is 7.87. The van der Waals surface area contributed by atoms with Gasteiger partial charge in [0.1, 0.15) is 13.2 Å². The Hall–Kier alpha value is -1.40. The largest absolute Gasteiger partial charge is 0.486 e. The van der Waals surface area contributed by atoms with Gasteiger partial charge in [-0.15, -0.1) is 11.8 Å². The smallest absolute Gasteiger partial charge is 0.238 e. The lowest BCUT2D eigenvalue weighted by Crippen LogP contribution is -2.47. The second kappa shape index (κ2) is 6.84. The first kappa shape index (κ1) is 16.1. The summed E-state index contributed by atoms with van der Waals surface area (Å²) in [6.45, 7) is 1.92. The Balaban J connectivity index is 1.51. The molecule has 5 nitrogen and oxygen atoms in total. The first-order chi connectivity index (χ1) is 11.8. The molecule has 1 saturated heterocycles. The Morgan fingerprint density at radius 1 is 1.25 bits per heavy atom. The van der Waals surface area contributed by atoms with Crippen molar-refractivity contribution in [3.63, 3.8) is 0 Å². The van der Waals surface area contributed by atoms with Gasteiger partial charge in [0.25, 0.3) is 0 Å². The number of ether oxygens (including phenoxy) is 2. The second-order valence-electron chi connectivity index (χ2n) is 6.84. The standard InChI is InChI=1S/C18H24N2O3S/c21-17(14-10-24-12-20-14)19-11-18(5-1-2-6-18)13-3-4-15-16(9-13)23-8-7-22-15/h3-4,9,14,20H,1-2,5-8,10-12H2,(H,19,21). The topological polar surface area (TPSA) is 59.6 Å². The predicted octanol–water partition coefficient (Wildman–Crippen LogP) is 2.05. The third-order valence-electron chi connectivity index (χ3n) is 5.35. The van der Waals surface area contributed by atoms with Gasteiger partial charge in [0.15, 0.2) is 11.5 Å². The summed E-state index contributed by atoms with van der Waals surface area (Å²) >= 11 is 1.78. The Bertz CT molecular complexity index is 610. The molecular formula is C18H24N2O3S. The lowest BCUT2D eigenvalue weighted by molar-refractivity contribution is -0.122. The maximum atomic E-state index is 12.4. The van der Waals surface area contributed by atoms with Gasteiger partial charge in [-0.25, -0.2) is 0 Å². The Labute approximate surface area is 146 Å². The van der Waals surface area contributed by atoms with Crippen molar-refractivity contribution in [2.45, 2.75) is 37.1 Å². The minimum Gasteiger partial charge on any atom is -0.486 e. The summed E-state index contributed by atoms with van der Waals surface area (Å²) < 4.78 is 11.4. The average Bonchev–Trinajstić information content (AvgIpc) is 3.32. The van der Waals surface area contributed by atoms with E-state index in [1.807, 2.05) is 6.07 Å². The summed E-state index contributed by atoms with van der Waals surface area (Å²) in [4.78, 5) is 12.4. The molecule has 3 aliphatic rings. The first-order valence-electron chi connectivity index (χ1n) is 8.76. The Morgan fingerprint density at radius 3 is 2.79 bits per heavy atom. The van der Waals surface area contributed by atoms with E-state index < -0.39 is 0 Å². The van der Waals surface area contributed by atoms with E-state index in [2.05, 4.69) is 22.8 Å². The van der Waals surface area contributed by atoms with Crippen LogP contribution < -0.4 is 20.1 Å². The highest BCUT2D eigenvalue weighted by Gasteiger charge is 2.37. The van der Waals surface area contributed by atoms with Gasteiger partial charge in [-0.2, -0.15) is 0 Å². The highest BCUT2D eigenvalue weighted by atomic mass is 32.2. The number of carbonyl (C=O) groups excluding carboxylic acids is 1. The van der Waals surface area contributed by atoms with Crippen molar-refractivity contribution in [2.24, 2.45) is 0 Å². The minimum absolute atomic E-state index is 0.0250. The van der Waals surface area contributed by atoms with E-state index in [0.29, 0.717) is 19.8 Å². The summed E-state index contributed by atoms with van der Waals surface area (Å²) in [6.07, 6.45) is 4.64. The molecule has 1 aromatic rings. The van der Waals surface area contributed by atoms with Gasteiger partial charge in [-0.1, -0.05) is 18.9 Å². The van der Waals surface area contributed by atoms with E-state index in [1.165, 1.54) is 18.4 Å². The maximum Gasteiger partial charge on any atom is 0.238 e. The van der Waals surface area contributed by atoms with Crippen molar-refractivity contribution in [2.75, 3.05) is 31.4 Å². The van der Waals surface area contributed by atoms with Gasteiger partial charge < -0.3 is 14.8 Å². The van der Waals surface area contributed by atoms with E-state index in [4.69, 9.17) is 9.47 Å². The zero-order chi connectivity index (χ0) is 16.4. The van der Waals surface area contributed by atoms with E-state index in [1.54, 1.807) is 11.8 Å². The summed E-state index contributed by atoms with van der Waals surface area (Å²) in [5.41, 5.74) is 1.29. The molecule has 6 heteroatoms. The summed E-state index contributed by atoms with van der Waals surface area (Å²) in [7, 11) is 0. The highest BCUT2D eigenvalue weighted by molar-refractivity contribution is 7.99. The van der Waals surface area contributed by atoms with Gasteiger partial charge in [0.2, 0.25) is 5.91 Å². The number of nitrogens with one attached hydrogen (secondary N) is 2. The Kier molecular flexibility index (Phi) is 4.59. The van der Waals surface area contributed by atoms with Crippen LogP contribution in [0.15, 0.2) is 18.2 Å². The number of fused-ring (bicyclic) bond motifs is 1. The van der Waals surface area contributed by atoms with Crippen LogP contribution in [0.25, 0.3) is 0 Å². The van der Waals surface area contributed by atoms with Crippen LogP contribution in [-0.4, -0.2) is 43.3 Å². The van der Waals surface area contributed by atoms with Crippen LogP contribution in [0.2, 0.25) is 0 Å². The van der Waals surface area contributed by atoms with Gasteiger partial charge in [-0.05, 0) is 30.5 Å². The number of amides is 1. The highest BCUT2D eigenvalue weighted by Crippen LogP contribution is 2.43. The number of rotatable bonds is 4. The number of thioether (sulfide) groups is 1. The van der Waals surface area contributed by atoms with E-state index >= 15 is 0 Å². The number of benzene rings is 1. The molecule has 0 aromatic heterocycles. The van der Waals surface area contributed by atoms with Crippen molar-refractivity contribution in [3.05, 3.63) is 23.8 Å². The van der Waals surface area contributed by atoms with Gasteiger partial charge in [0.05, 0.1) is 6.04 Å². The van der Waals surface area contributed by atoms with Gasteiger partial charge in [0, 0.05) is 23.6 Å². The molecule has 0 bridgehead atoms. The molecule has 0 spiro atoms. The quantitative estimate of drug-likeness (QED) is 0.872. The van der Waals surface area contributed by atoms with Crippen molar-refractivity contribution in [3.8, 4) is 11.5 Å². The number of hydrogen-bond acceptors (Lipinski definition) is 5. The van der Waals surface area contributed by atoms with E-state index in [0.717, 1.165) is 36.0 Å². The lowest BCUT2D eigenvalue weighted by atomic mass is 9.78. The van der Waals surface area contributed by atoms with Crippen LogP contribution >= 0.6 is 11.8 Å². The molecule has 2 heterocycles. The molecule has 1 aliphatic carbocycles. The molecule has 1 amide bonds. The molecular weight excluding hydrogens is 324 g/mol. The van der Waals surface area contributed by atoms with Crippen LogP contribution in [0.1, 0.15) is 31.2 Å². The van der Waals surface area contributed by atoms with E-state index in [-0.39, 0.29) is 17.4 Å². The normalized spacial score (nSPS) is 24.8. The Morgan fingerprint density at radius 2 is 2.04 bits per heavy atom. The monoisotopic (exact) mass is 348 g/mol. The fourth-order valence-electron chi connectivity index (χ4n) is 3.94. The summed E-state index contributed by atoms with van der Waals surface area (Å²) in [5, 5.41) is 6.44. The van der Waals surface area contributed by atoms with Crippen LogP contribution in [-0.2, 0) is 10.2 Å². The third-order valence-corrected chi connectivity index (χ3v) is 6.29. The molecule has 130 valence electrons. The fourth-order valence-corrected chi connectivity index (χ4v) is 4.88. The van der Waals surface area contributed by atoms with Gasteiger partial charge in [-0.3, -0.25) is 10.1 Å². The minimum atomic E-state index is -0.0475. The molecule has 2 aliphatic heterocycles. The predicted molar refractivity (Wildman–Crippen MR) is 94.8 cm³/mol. The van der Waals surface area contributed by atoms with Crippen molar-refractivity contribution >= 4 is 17.7 Å². The van der Waals surface area contributed by atoms with Crippen LogP contribution in [0.3, 0.4) is 0 Å². The molecule has 4 rings (SSSR count). The van der Waals surface area contributed by atoms with E-state index in [9.17, 15) is 4.79 Å². The van der Waals surface area contributed by atoms with Crippen molar-refractivity contribution < 1.29 is 14.3 Å². The fraction of sp³-hybridized carbons (Fsp3) is 0.611. The molecule has 2 fully saturated rings. The summed E-state index contributed by atoms with van der Waals surface area (Å²) in [5.74, 6) is 3.53. The zero-order valence-electron chi connectivity index (χ0n) is 13.8. The maximum absolute atomic E-state index is 12.4. The van der Waals surface area contributed by atoms with Crippen LogP contribution in [0, 0.1) is 0 Å². The van der Waals surface area contributed by atoms with Crippen molar-refractivity contribution in [1.82, 2.24) is 10.6 Å². The molecule has 1 saturated carbocycles. The first-order valence-corrected chi connectivity index (χ1v) is 9.91. The molecule has 24 heavy (non-hydrogen) atoms. The summed E-state index contributed by atoms with van der Waals surface area (Å²) in [6, 6.07) is 6.24.